The van der Waals surface area contributed by atoms with Crippen LogP contribution in [0.15, 0.2) is 29.2 Å². The first-order chi connectivity index (χ1) is 5.61. The van der Waals surface area contributed by atoms with Gasteiger partial charge in [-0.2, -0.15) is 0 Å². The molecule has 0 saturated carbocycles. The third-order valence-corrected chi connectivity index (χ3v) is 2.38. The molecule has 0 fully saturated rings. The first-order valence-electron chi connectivity index (χ1n) is 3.82. The minimum absolute atomic E-state index is 0. The molecule has 0 spiro atoms. The zero-order chi connectivity index (χ0) is 9.14. The Morgan fingerprint density at radius 3 is 2.54 bits per heavy atom. The molecule has 1 rings (SSSR count). The molecule has 1 N–H and O–H groups in total. The van der Waals surface area contributed by atoms with Crippen molar-refractivity contribution in [1.82, 2.24) is 0 Å². The standard InChI is InChI=1S/C9H12O2S.Li.H/c1-7(2)8-4-3-5-9(6-8)12(10)11;;/h3-7H,1-2H3,(H,10,11);;/q;+1;-1. The van der Waals surface area contributed by atoms with E-state index in [9.17, 15) is 4.21 Å². The van der Waals surface area contributed by atoms with Crippen molar-refractivity contribution in [2.45, 2.75) is 24.7 Å². The fourth-order valence-electron chi connectivity index (χ4n) is 0.982. The van der Waals surface area contributed by atoms with E-state index < -0.39 is 11.1 Å². The maximum Gasteiger partial charge on any atom is 1.00 e. The Kier molecular flexibility index (Phi) is 5.58. The Morgan fingerprint density at radius 1 is 1.46 bits per heavy atom. The second-order valence-electron chi connectivity index (χ2n) is 2.98. The first kappa shape index (κ1) is 12.9. The molecule has 0 amide bonds. The smallest absolute Gasteiger partial charge is 1.00 e. The summed E-state index contributed by atoms with van der Waals surface area (Å²) < 4.78 is 19.5. The summed E-state index contributed by atoms with van der Waals surface area (Å²) >= 11 is -1.86. The van der Waals surface area contributed by atoms with E-state index in [1.807, 2.05) is 6.07 Å². The summed E-state index contributed by atoms with van der Waals surface area (Å²) in [5, 5.41) is 0. The number of hydrogen-bond acceptors (Lipinski definition) is 1. The Bertz CT molecular complexity index is 305. The SMILES string of the molecule is CC(C)c1cccc(S(=O)O)c1.[H-].[Li+]. The molecule has 0 bridgehead atoms. The minimum atomic E-state index is -1.86. The molecular formula is C9H13LiO2S. The third-order valence-electron chi connectivity index (χ3n) is 1.73. The van der Waals surface area contributed by atoms with Crippen LogP contribution in [0.25, 0.3) is 0 Å². The molecule has 1 atom stereocenters. The Hall–Kier alpha value is -0.0726. The van der Waals surface area contributed by atoms with Crippen molar-refractivity contribution >= 4 is 11.1 Å². The van der Waals surface area contributed by atoms with E-state index in [1.54, 1.807) is 18.2 Å². The molecule has 68 valence electrons. The molecule has 1 aromatic carbocycles. The van der Waals surface area contributed by atoms with Crippen LogP contribution < -0.4 is 18.9 Å². The Labute approximate surface area is 94.7 Å². The normalized spacial score (nSPS) is 12.3. The molecule has 0 heterocycles. The van der Waals surface area contributed by atoms with Gasteiger partial charge in [0, 0.05) is 0 Å². The molecule has 0 radical (unpaired) electrons. The first-order valence-corrected chi connectivity index (χ1v) is 4.92. The second kappa shape index (κ2) is 5.61. The van der Waals surface area contributed by atoms with Crippen molar-refractivity contribution in [3.63, 3.8) is 0 Å². The van der Waals surface area contributed by atoms with Crippen molar-refractivity contribution in [1.29, 1.82) is 0 Å². The molecule has 13 heavy (non-hydrogen) atoms. The summed E-state index contributed by atoms with van der Waals surface area (Å²) in [4.78, 5) is 0.473. The molecule has 0 aliphatic heterocycles. The Morgan fingerprint density at radius 2 is 2.08 bits per heavy atom. The summed E-state index contributed by atoms with van der Waals surface area (Å²) in [5.74, 6) is 0.397. The van der Waals surface area contributed by atoms with Gasteiger partial charge in [-0.1, -0.05) is 26.0 Å². The molecule has 1 unspecified atom stereocenters. The van der Waals surface area contributed by atoms with E-state index in [0.29, 0.717) is 10.8 Å². The number of benzene rings is 1. The van der Waals surface area contributed by atoms with Gasteiger partial charge < -0.3 is 5.98 Å². The van der Waals surface area contributed by atoms with Gasteiger partial charge in [-0.05, 0) is 23.6 Å². The third kappa shape index (κ3) is 3.66. The summed E-state index contributed by atoms with van der Waals surface area (Å²) in [7, 11) is 0. The molecule has 0 saturated heterocycles. The van der Waals surface area contributed by atoms with Gasteiger partial charge in [0.1, 0.15) is 0 Å². The van der Waals surface area contributed by atoms with Crippen LogP contribution in [0.3, 0.4) is 0 Å². The van der Waals surface area contributed by atoms with Crippen molar-refractivity contribution in [2.24, 2.45) is 0 Å². The van der Waals surface area contributed by atoms with Crippen LogP contribution in [0.4, 0.5) is 0 Å². The second-order valence-corrected chi connectivity index (χ2v) is 3.95. The van der Waals surface area contributed by atoms with Gasteiger partial charge in [0.2, 0.25) is 0 Å². The van der Waals surface area contributed by atoms with E-state index >= 15 is 0 Å². The molecule has 4 heteroatoms. The van der Waals surface area contributed by atoms with Crippen LogP contribution in [0.2, 0.25) is 0 Å². The minimum Gasteiger partial charge on any atom is -1.00 e. The van der Waals surface area contributed by atoms with E-state index in [0.717, 1.165) is 5.56 Å². The maximum atomic E-state index is 10.7. The van der Waals surface area contributed by atoms with E-state index in [1.165, 1.54) is 0 Å². The van der Waals surface area contributed by atoms with E-state index in [-0.39, 0.29) is 20.3 Å². The average Bonchev–Trinajstić information content (AvgIpc) is 2.04. The largest absolute Gasteiger partial charge is 1.00 e. The van der Waals surface area contributed by atoms with Crippen LogP contribution in [0.1, 0.15) is 26.8 Å². The van der Waals surface area contributed by atoms with Crippen LogP contribution in [0, 0.1) is 0 Å². The zero-order valence-electron chi connectivity index (χ0n) is 9.15. The number of hydrogen-bond donors (Lipinski definition) is 1. The van der Waals surface area contributed by atoms with Gasteiger partial charge in [-0.25, -0.2) is 4.21 Å². The summed E-state index contributed by atoms with van der Waals surface area (Å²) in [5.41, 5.74) is 1.09. The molecule has 0 aliphatic rings. The fraction of sp³-hybridized carbons (Fsp3) is 0.333. The number of rotatable bonds is 2. The summed E-state index contributed by atoms with van der Waals surface area (Å²) in [6.45, 7) is 4.11. The quantitative estimate of drug-likeness (QED) is 0.507. The predicted molar refractivity (Wildman–Crippen MR) is 50.7 cm³/mol. The van der Waals surface area contributed by atoms with Crippen molar-refractivity contribution < 1.29 is 29.0 Å². The maximum absolute atomic E-state index is 10.7. The molecule has 2 nitrogen and oxygen atoms in total. The van der Waals surface area contributed by atoms with Crippen LogP contribution in [0.5, 0.6) is 0 Å². The van der Waals surface area contributed by atoms with Gasteiger partial charge >= 0.3 is 18.9 Å². The summed E-state index contributed by atoms with van der Waals surface area (Å²) in [6, 6.07) is 7.18. The van der Waals surface area contributed by atoms with Crippen molar-refractivity contribution in [3.05, 3.63) is 29.8 Å². The fourth-order valence-corrected chi connectivity index (χ4v) is 1.41. The van der Waals surface area contributed by atoms with Crippen molar-refractivity contribution in [3.8, 4) is 0 Å². The molecule has 0 aromatic heterocycles. The average molecular weight is 192 g/mol. The summed E-state index contributed by atoms with van der Waals surface area (Å²) in [6.07, 6.45) is 0. The predicted octanol–water partition coefficient (Wildman–Crippen LogP) is -0.493. The topological polar surface area (TPSA) is 37.3 Å². The Balaban J connectivity index is 0. The van der Waals surface area contributed by atoms with E-state index in [2.05, 4.69) is 13.8 Å². The zero-order valence-corrected chi connectivity index (χ0v) is 8.97. The van der Waals surface area contributed by atoms with E-state index in [4.69, 9.17) is 4.55 Å². The molecule has 0 aliphatic carbocycles. The van der Waals surface area contributed by atoms with Gasteiger partial charge in [0.25, 0.3) is 0 Å². The van der Waals surface area contributed by atoms with Crippen LogP contribution in [-0.2, 0) is 11.1 Å². The van der Waals surface area contributed by atoms with Crippen LogP contribution in [-0.4, -0.2) is 8.76 Å². The van der Waals surface area contributed by atoms with Gasteiger partial charge in [0.15, 0.2) is 11.1 Å². The molecular weight excluding hydrogens is 179 g/mol. The van der Waals surface area contributed by atoms with Gasteiger partial charge in [-0.15, -0.1) is 0 Å². The van der Waals surface area contributed by atoms with Gasteiger partial charge in [-0.3, -0.25) is 0 Å². The van der Waals surface area contributed by atoms with Gasteiger partial charge in [0.05, 0.1) is 4.90 Å². The molecule has 1 aromatic rings. The van der Waals surface area contributed by atoms with Crippen molar-refractivity contribution in [2.75, 3.05) is 0 Å². The van der Waals surface area contributed by atoms with Crippen LogP contribution >= 0.6 is 0 Å². The monoisotopic (exact) mass is 192 g/mol.